The van der Waals surface area contributed by atoms with Gasteiger partial charge in [-0.1, -0.05) is 23.7 Å². The van der Waals surface area contributed by atoms with Gasteiger partial charge in [0.2, 0.25) is 0 Å². The molecule has 0 N–H and O–H groups in total. The lowest BCUT2D eigenvalue weighted by Gasteiger charge is -2.32. The van der Waals surface area contributed by atoms with Gasteiger partial charge in [-0.25, -0.2) is 0 Å². The Labute approximate surface area is 173 Å². The summed E-state index contributed by atoms with van der Waals surface area (Å²) in [5.74, 6) is 0.570. The minimum Gasteiger partial charge on any atom is -0.324 e. The fraction of sp³-hybridized carbons (Fsp3) is 0.304. The molecule has 0 atom stereocenters. The van der Waals surface area contributed by atoms with E-state index in [0.29, 0.717) is 5.92 Å². The van der Waals surface area contributed by atoms with E-state index in [9.17, 15) is 13.2 Å². The molecular weight excluding hydrogens is 397 g/mol. The molecule has 1 fully saturated rings. The molecule has 0 unspecified atom stereocenters. The summed E-state index contributed by atoms with van der Waals surface area (Å²) in [6.07, 6.45) is 1.81. The molecule has 4 rings (SSSR count). The highest BCUT2D eigenvalue weighted by Crippen LogP contribution is 2.31. The average molecular weight is 419 g/mol. The number of rotatable bonds is 4. The van der Waals surface area contributed by atoms with Crippen LogP contribution in [0.5, 0.6) is 0 Å². The normalized spacial score (nSPS) is 16.3. The van der Waals surface area contributed by atoms with Gasteiger partial charge in [0.1, 0.15) is 0 Å². The molecule has 0 amide bonds. The fourth-order valence-electron chi connectivity index (χ4n) is 3.93. The van der Waals surface area contributed by atoms with Crippen molar-refractivity contribution in [2.75, 3.05) is 13.1 Å². The van der Waals surface area contributed by atoms with Crippen LogP contribution in [-0.2, 0) is 12.7 Å². The predicted molar refractivity (Wildman–Crippen MR) is 109 cm³/mol. The molecule has 0 bridgehead atoms. The number of aromatic nitrogens is 1. The molecule has 3 aromatic rings. The number of nitrogens with zero attached hydrogens (tertiary/aromatic N) is 2. The minimum absolute atomic E-state index is 0.570. The van der Waals surface area contributed by atoms with Crippen molar-refractivity contribution in [3.63, 3.8) is 0 Å². The highest BCUT2D eigenvalue weighted by atomic mass is 35.5. The van der Waals surface area contributed by atoms with E-state index in [-0.39, 0.29) is 0 Å². The van der Waals surface area contributed by atoms with Gasteiger partial charge in [-0.15, -0.1) is 0 Å². The molecule has 0 aliphatic carbocycles. The predicted octanol–water partition coefficient (Wildman–Crippen LogP) is 6.53. The van der Waals surface area contributed by atoms with Crippen molar-refractivity contribution in [3.05, 3.63) is 88.7 Å². The van der Waals surface area contributed by atoms with E-state index in [4.69, 9.17) is 11.6 Å². The van der Waals surface area contributed by atoms with Gasteiger partial charge in [-0.2, -0.15) is 13.2 Å². The summed E-state index contributed by atoms with van der Waals surface area (Å²) in [6.45, 7) is 2.90. The average Bonchev–Trinajstić information content (AvgIpc) is 3.17. The largest absolute Gasteiger partial charge is 0.416 e. The summed E-state index contributed by atoms with van der Waals surface area (Å²) in [4.78, 5) is 2.43. The van der Waals surface area contributed by atoms with Gasteiger partial charge >= 0.3 is 6.18 Å². The monoisotopic (exact) mass is 418 g/mol. The van der Waals surface area contributed by atoms with Crippen molar-refractivity contribution in [2.45, 2.75) is 31.5 Å². The molecule has 152 valence electrons. The van der Waals surface area contributed by atoms with Gasteiger partial charge in [0.05, 0.1) is 5.56 Å². The Hall–Kier alpha value is -2.24. The van der Waals surface area contributed by atoms with Crippen LogP contribution in [0.2, 0.25) is 5.02 Å². The maximum Gasteiger partial charge on any atom is 0.416 e. The fourth-order valence-corrected chi connectivity index (χ4v) is 4.06. The van der Waals surface area contributed by atoms with E-state index in [2.05, 4.69) is 17.0 Å². The number of piperidine rings is 1. The number of halogens is 4. The highest BCUT2D eigenvalue weighted by Gasteiger charge is 2.30. The van der Waals surface area contributed by atoms with Crippen LogP contribution in [0.4, 0.5) is 13.2 Å². The van der Waals surface area contributed by atoms with E-state index in [1.165, 1.54) is 17.7 Å². The summed E-state index contributed by atoms with van der Waals surface area (Å²) in [5, 5.41) is 0.767. The van der Waals surface area contributed by atoms with Gasteiger partial charge in [0.15, 0.2) is 0 Å². The molecule has 2 heterocycles. The Morgan fingerprint density at radius 1 is 0.897 bits per heavy atom. The Kier molecular flexibility index (Phi) is 5.70. The molecule has 1 aromatic heterocycles. The zero-order chi connectivity index (χ0) is 20.4. The van der Waals surface area contributed by atoms with Crippen molar-refractivity contribution in [1.29, 1.82) is 0 Å². The van der Waals surface area contributed by atoms with Gasteiger partial charge < -0.3 is 4.57 Å². The van der Waals surface area contributed by atoms with Crippen LogP contribution in [0.3, 0.4) is 0 Å². The van der Waals surface area contributed by atoms with Gasteiger partial charge in [-0.05, 0) is 85.4 Å². The van der Waals surface area contributed by atoms with Crippen molar-refractivity contribution < 1.29 is 13.2 Å². The molecular formula is C23H22ClF3N2. The number of benzene rings is 2. The van der Waals surface area contributed by atoms with Crippen LogP contribution in [0.1, 0.15) is 35.4 Å². The first kappa shape index (κ1) is 20.0. The van der Waals surface area contributed by atoms with Crippen LogP contribution >= 0.6 is 11.6 Å². The van der Waals surface area contributed by atoms with Crippen molar-refractivity contribution in [3.8, 4) is 5.69 Å². The quantitative estimate of drug-likeness (QED) is 0.467. The van der Waals surface area contributed by atoms with Gasteiger partial charge in [0, 0.05) is 29.6 Å². The van der Waals surface area contributed by atoms with Crippen LogP contribution < -0.4 is 0 Å². The lowest BCUT2D eigenvalue weighted by molar-refractivity contribution is -0.137. The second-order valence-corrected chi connectivity index (χ2v) is 8.01. The van der Waals surface area contributed by atoms with Crippen molar-refractivity contribution >= 4 is 11.6 Å². The molecule has 0 radical (unpaired) electrons. The van der Waals surface area contributed by atoms with E-state index >= 15 is 0 Å². The number of hydrogen-bond donors (Lipinski definition) is 0. The third kappa shape index (κ3) is 4.85. The molecule has 1 saturated heterocycles. The van der Waals surface area contributed by atoms with E-state index in [0.717, 1.165) is 60.9 Å². The highest BCUT2D eigenvalue weighted by molar-refractivity contribution is 6.30. The Balaban J connectivity index is 1.34. The maximum atomic E-state index is 12.7. The minimum atomic E-state index is -4.31. The third-order valence-corrected chi connectivity index (χ3v) is 5.83. The summed E-state index contributed by atoms with van der Waals surface area (Å²) in [5.41, 5.74) is 2.61. The van der Waals surface area contributed by atoms with Gasteiger partial charge in [0.25, 0.3) is 0 Å². The molecule has 1 aliphatic rings. The molecule has 2 nitrogen and oxygen atoms in total. The summed E-state index contributed by atoms with van der Waals surface area (Å²) >= 11 is 5.98. The van der Waals surface area contributed by atoms with Crippen LogP contribution in [-0.4, -0.2) is 22.6 Å². The number of alkyl halides is 3. The molecule has 0 saturated carbocycles. The molecule has 2 aromatic carbocycles. The summed E-state index contributed by atoms with van der Waals surface area (Å²) < 4.78 is 40.0. The summed E-state index contributed by atoms with van der Waals surface area (Å²) in [6, 6.07) is 15.4. The molecule has 1 aliphatic heterocycles. The van der Waals surface area contributed by atoms with Gasteiger partial charge in [-0.3, -0.25) is 4.90 Å². The zero-order valence-electron chi connectivity index (χ0n) is 15.9. The van der Waals surface area contributed by atoms with Crippen molar-refractivity contribution in [2.24, 2.45) is 0 Å². The SMILES string of the molecule is FC(F)(F)c1ccc(-n2ccc(CN3CCC(c4ccc(Cl)cc4)CC3)c2)cc1. The van der Waals surface area contributed by atoms with Crippen LogP contribution in [0.15, 0.2) is 67.0 Å². The molecule has 6 heteroatoms. The zero-order valence-corrected chi connectivity index (χ0v) is 16.6. The summed E-state index contributed by atoms with van der Waals surface area (Å²) in [7, 11) is 0. The Morgan fingerprint density at radius 3 is 2.17 bits per heavy atom. The lowest BCUT2D eigenvalue weighted by atomic mass is 9.89. The molecule has 29 heavy (non-hydrogen) atoms. The van der Waals surface area contributed by atoms with Crippen LogP contribution in [0.25, 0.3) is 5.69 Å². The smallest absolute Gasteiger partial charge is 0.324 e. The first-order chi connectivity index (χ1) is 13.9. The molecule has 0 spiro atoms. The maximum absolute atomic E-state index is 12.7. The second-order valence-electron chi connectivity index (χ2n) is 7.57. The second kappa shape index (κ2) is 8.25. The van der Waals surface area contributed by atoms with E-state index in [1.807, 2.05) is 35.2 Å². The first-order valence-electron chi connectivity index (χ1n) is 9.71. The first-order valence-corrected chi connectivity index (χ1v) is 10.1. The Morgan fingerprint density at radius 2 is 1.55 bits per heavy atom. The topological polar surface area (TPSA) is 8.17 Å². The standard InChI is InChI=1S/C23H22ClF3N2/c24-21-5-1-18(2-6-21)19-10-12-28(13-11-19)15-17-9-14-29(16-17)22-7-3-20(4-8-22)23(25,26)27/h1-9,14,16,19H,10-13,15H2. The number of hydrogen-bond acceptors (Lipinski definition) is 1. The van der Waals surface area contributed by atoms with Crippen molar-refractivity contribution in [1.82, 2.24) is 9.47 Å². The number of likely N-dealkylation sites (tertiary alicyclic amines) is 1. The Bertz CT molecular complexity index is 938. The van der Waals surface area contributed by atoms with Crippen LogP contribution in [0, 0.1) is 0 Å². The van der Waals surface area contributed by atoms with E-state index < -0.39 is 11.7 Å². The lowest BCUT2D eigenvalue weighted by Crippen LogP contribution is -2.32. The van der Waals surface area contributed by atoms with E-state index in [1.54, 1.807) is 0 Å². The third-order valence-electron chi connectivity index (χ3n) is 5.58.